The predicted octanol–water partition coefficient (Wildman–Crippen LogP) is 5.65. The van der Waals surface area contributed by atoms with Crippen LogP contribution in [0.1, 0.15) is 68.9 Å². The van der Waals surface area contributed by atoms with Gasteiger partial charge in [0, 0.05) is 68.2 Å². The zero-order valence-corrected chi connectivity index (χ0v) is 34.1. The van der Waals surface area contributed by atoms with Crippen molar-refractivity contribution in [1.29, 1.82) is 0 Å². The number of carbonyl (C=O) groups is 2. The number of anilines is 4. The number of β-amino-alcohol motifs (C(OH)–C–C–N with tert-alkyl or cyclic N) is 1. The zero-order valence-electron chi connectivity index (χ0n) is 32.5. The molecule has 13 nitrogen and oxygen atoms in total. The molecule has 4 aliphatic rings. The Morgan fingerprint density at radius 3 is 2.42 bits per heavy atom. The molecule has 60 heavy (non-hydrogen) atoms. The number of hydrogen-bond acceptors (Lipinski definition) is 11. The van der Waals surface area contributed by atoms with Crippen LogP contribution in [0.5, 0.6) is 0 Å². The molecule has 7 rings (SSSR count). The summed E-state index contributed by atoms with van der Waals surface area (Å²) in [4.78, 5) is 36.3. The highest BCUT2D eigenvalue weighted by molar-refractivity contribution is 7.89. The van der Waals surface area contributed by atoms with E-state index in [9.17, 15) is 36.3 Å². The molecule has 21 heteroatoms. The monoisotopic (exact) mass is 886 g/mol. The van der Waals surface area contributed by atoms with Crippen molar-refractivity contribution in [2.24, 2.45) is 5.92 Å². The number of aliphatic hydroxyl groups is 1. The molecule has 0 spiro atoms. The second-order valence-electron chi connectivity index (χ2n) is 16.3. The van der Waals surface area contributed by atoms with Gasteiger partial charge in [-0.2, -0.15) is 18.2 Å². The lowest BCUT2D eigenvalue weighted by Crippen LogP contribution is -2.53. The molecule has 4 N–H and O–H groups in total. The first-order valence-corrected chi connectivity index (χ1v) is 21.6. The predicted molar refractivity (Wildman–Crippen MR) is 210 cm³/mol. The number of alkyl halides is 4. The van der Waals surface area contributed by atoms with Gasteiger partial charge in [-0.05, 0) is 88.2 Å². The van der Waals surface area contributed by atoms with Gasteiger partial charge in [-0.1, -0.05) is 11.6 Å². The van der Waals surface area contributed by atoms with Crippen molar-refractivity contribution in [2.75, 3.05) is 60.9 Å². The minimum Gasteiger partial charge on any atom is -0.388 e. The Labute approximate surface area is 347 Å². The molecule has 4 atom stereocenters. The minimum absolute atomic E-state index is 0.0304. The van der Waals surface area contributed by atoms with Gasteiger partial charge in [0.05, 0.1) is 28.1 Å². The Kier molecular flexibility index (Phi) is 12.6. The van der Waals surface area contributed by atoms with E-state index in [-0.39, 0.29) is 67.0 Å². The van der Waals surface area contributed by atoms with Crippen molar-refractivity contribution in [3.8, 4) is 0 Å². The summed E-state index contributed by atoms with van der Waals surface area (Å²) in [6.45, 7) is 3.69. The third-order valence-corrected chi connectivity index (χ3v) is 13.4. The highest BCUT2D eigenvalue weighted by Gasteiger charge is 2.40. The van der Waals surface area contributed by atoms with Crippen LogP contribution >= 0.6 is 11.6 Å². The lowest BCUT2D eigenvalue weighted by molar-refractivity contribution is -0.138. The summed E-state index contributed by atoms with van der Waals surface area (Å²) >= 11 is 6.46. The van der Waals surface area contributed by atoms with Gasteiger partial charge in [-0.25, -0.2) is 31.3 Å². The van der Waals surface area contributed by atoms with Crippen LogP contribution in [-0.2, 0) is 25.8 Å². The van der Waals surface area contributed by atoms with E-state index in [4.69, 9.17) is 11.6 Å². The second kappa shape index (κ2) is 17.3. The van der Waals surface area contributed by atoms with Crippen molar-refractivity contribution in [2.45, 2.75) is 86.7 Å². The molecular weight excluding hydrogens is 842 g/mol. The van der Waals surface area contributed by atoms with Crippen LogP contribution in [-0.4, -0.2) is 104 Å². The van der Waals surface area contributed by atoms with Gasteiger partial charge in [0.1, 0.15) is 29.2 Å². The van der Waals surface area contributed by atoms with Gasteiger partial charge in [-0.3, -0.25) is 14.9 Å². The molecule has 0 saturated carbocycles. The molecule has 3 aromatic rings. The van der Waals surface area contributed by atoms with Crippen LogP contribution in [0.3, 0.4) is 0 Å². The van der Waals surface area contributed by atoms with Crippen LogP contribution in [0.2, 0.25) is 5.02 Å². The fraction of sp³-hybridized carbons (Fsp3) is 0.538. The van der Waals surface area contributed by atoms with Crippen molar-refractivity contribution in [3.05, 3.63) is 64.3 Å². The van der Waals surface area contributed by atoms with E-state index >= 15 is 13.2 Å². The van der Waals surface area contributed by atoms with Crippen LogP contribution in [0.25, 0.3) is 0 Å². The zero-order chi connectivity index (χ0) is 43.1. The summed E-state index contributed by atoms with van der Waals surface area (Å²) in [5, 5.41) is 15.3. The Morgan fingerprint density at radius 2 is 1.77 bits per heavy atom. The first-order chi connectivity index (χ1) is 28.3. The summed E-state index contributed by atoms with van der Waals surface area (Å²) < 4.78 is 117. The first-order valence-electron chi connectivity index (χ1n) is 19.7. The maximum absolute atomic E-state index is 15.5. The molecule has 1 unspecified atom stereocenters. The van der Waals surface area contributed by atoms with Crippen LogP contribution in [0, 0.1) is 17.6 Å². The second-order valence-corrected chi connectivity index (χ2v) is 18.4. The van der Waals surface area contributed by atoms with Gasteiger partial charge in [0.2, 0.25) is 27.8 Å². The lowest BCUT2D eigenvalue weighted by Gasteiger charge is -2.39. The molecule has 0 aliphatic carbocycles. The normalized spacial score (nSPS) is 25.1. The van der Waals surface area contributed by atoms with Gasteiger partial charge >= 0.3 is 6.18 Å². The van der Waals surface area contributed by atoms with Gasteiger partial charge in [0.15, 0.2) is 0 Å². The highest BCUT2D eigenvalue weighted by Crippen LogP contribution is 2.39. The number of amides is 2. The van der Waals surface area contributed by atoms with Gasteiger partial charge in [0.25, 0.3) is 0 Å². The SMILES string of the molecule is C[C@]1(O)CCCN(c2nc(Nc3ccc(S(=O)(=O)N[C@@H]4CCN(CC5CCN(c6cc(F)c(C7CCC(=O)NC7=O)c(Cl)c6)CC5)C[C@@H]4F)cc3F)ncc2C(F)(F)F)C1. The van der Waals surface area contributed by atoms with Gasteiger partial charge in [-0.15, -0.1) is 0 Å². The number of hydrogen-bond donors (Lipinski definition) is 4. The smallest absolute Gasteiger partial charge is 0.388 e. The molecule has 4 fully saturated rings. The molecule has 4 aliphatic heterocycles. The number of rotatable bonds is 10. The molecule has 5 heterocycles. The van der Waals surface area contributed by atoms with Crippen LogP contribution in [0.15, 0.2) is 41.4 Å². The van der Waals surface area contributed by atoms with E-state index < -0.39 is 79.7 Å². The van der Waals surface area contributed by atoms with Crippen molar-refractivity contribution < 1.29 is 49.5 Å². The Hall–Kier alpha value is -4.24. The Balaban J connectivity index is 0.915. The number of imide groups is 1. The van der Waals surface area contributed by atoms with Crippen molar-refractivity contribution >= 4 is 56.6 Å². The summed E-state index contributed by atoms with van der Waals surface area (Å²) in [5.74, 6) is -4.20. The average Bonchev–Trinajstić information content (AvgIpc) is 3.16. The fourth-order valence-electron chi connectivity index (χ4n) is 8.49. The molecule has 2 amide bonds. The van der Waals surface area contributed by atoms with E-state index in [0.29, 0.717) is 57.0 Å². The molecule has 0 bridgehead atoms. The number of likely N-dealkylation sites (tertiary alicyclic amines) is 1. The number of benzene rings is 2. The van der Waals surface area contributed by atoms with Crippen LogP contribution < -0.4 is 25.2 Å². The average molecular weight is 887 g/mol. The summed E-state index contributed by atoms with van der Waals surface area (Å²) in [7, 11) is -4.39. The third-order valence-electron chi connectivity index (χ3n) is 11.6. The fourth-order valence-corrected chi connectivity index (χ4v) is 10.1. The quantitative estimate of drug-likeness (QED) is 0.147. The maximum Gasteiger partial charge on any atom is 0.421 e. The summed E-state index contributed by atoms with van der Waals surface area (Å²) in [6.07, 6.45) is -3.15. The molecule has 4 saturated heterocycles. The van der Waals surface area contributed by atoms with Crippen molar-refractivity contribution in [1.82, 2.24) is 24.9 Å². The van der Waals surface area contributed by atoms with Gasteiger partial charge < -0.3 is 25.1 Å². The Morgan fingerprint density at radius 1 is 1.02 bits per heavy atom. The van der Waals surface area contributed by atoms with E-state index in [1.165, 1.54) is 17.9 Å². The summed E-state index contributed by atoms with van der Waals surface area (Å²) in [6, 6.07) is 4.75. The Bertz CT molecular complexity index is 2210. The molecule has 0 radical (unpaired) electrons. The number of piperidine rings is 4. The number of nitrogens with zero attached hydrogens (tertiary/aromatic N) is 5. The largest absolute Gasteiger partial charge is 0.421 e. The number of nitrogens with one attached hydrogen (secondary N) is 3. The minimum atomic E-state index is -4.81. The number of carbonyl (C=O) groups excluding carboxylic acids is 2. The lowest BCUT2D eigenvalue weighted by atomic mass is 9.89. The van der Waals surface area contributed by atoms with Crippen LogP contribution in [0.4, 0.5) is 49.5 Å². The topological polar surface area (TPSA) is 160 Å². The van der Waals surface area contributed by atoms with E-state index in [2.05, 4.69) is 25.3 Å². The molecule has 326 valence electrons. The number of halogens is 7. The maximum atomic E-state index is 15.5. The standard InChI is InChI=1S/C39H45ClF6N8O5S/c1-38(57)10-2-11-54(21-38)35-26(39(44,45)46)18-47-37(50-35)48-31-5-3-24(17-28(31)41)60(58,59)51-32-9-12-52(20-30(32)43)19-22-7-13-53(14-8-22)23-15-27(40)34(29(42)16-23)25-4-6-33(55)49-36(25)56/h3,5,15-18,22,25,30,32,51,57H,2,4,6-14,19-21H2,1H3,(H,47,48,50)(H,49,55,56)/t25?,30-,32+,38-/m0/s1. The molecule has 1 aromatic heterocycles. The van der Waals surface area contributed by atoms with Crippen molar-refractivity contribution in [3.63, 3.8) is 0 Å². The molecule has 2 aromatic carbocycles. The van der Waals surface area contributed by atoms with E-state index in [1.807, 2.05) is 9.80 Å². The highest BCUT2D eigenvalue weighted by atomic mass is 35.5. The molecular formula is C39H45ClF6N8O5S. The van der Waals surface area contributed by atoms with E-state index in [1.54, 1.807) is 6.07 Å². The number of aromatic nitrogens is 2. The third kappa shape index (κ3) is 9.93. The first kappa shape index (κ1) is 43.8. The summed E-state index contributed by atoms with van der Waals surface area (Å²) in [5.41, 5.74) is -2.05. The number of sulfonamides is 1. The van der Waals surface area contributed by atoms with E-state index in [0.717, 1.165) is 25.0 Å².